The molecule has 1 aliphatic rings. The number of anilines is 4. The second-order valence-electron chi connectivity index (χ2n) is 5.94. The molecule has 0 atom stereocenters. The monoisotopic (exact) mass is 351 g/mol. The summed E-state index contributed by atoms with van der Waals surface area (Å²) in [6.45, 7) is 3.82. The summed E-state index contributed by atoms with van der Waals surface area (Å²) in [5.41, 5.74) is 2.17. The summed E-state index contributed by atoms with van der Waals surface area (Å²) in [6, 6.07) is 13.9. The topological polar surface area (TPSA) is 75.5 Å². The average Bonchev–Trinajstić information content (AvgIpc) is 3.22. The Balaban J connectivity index is 1.48. The van der Waals surface area contributed by atoms with Gasteiger partial charge in [0.2, 0.25) is 5.95 Å². The summed E-state index contributed by atoms with van der Waals surface area (Å²) in [7, 11) is 0. The fourth-order valence-electron chi connectivity index (χ4n) is 2.89. The molecule has 4 rings (SSSR count). The minimum absolute atomic E-state index is 0.542. The van der Waals surface area contributed by atoms with Crippen LogP contribution in [0.25, 0.3) is 0 Å². The van der Waals surface area contributed by atoms with E-state index in [1.165, 1.54) is 0 Å². The molecular formula is C19H21N5O2. The van der Waals surface area contributed by atoms with Crippen LogP contribution in [0.2, 0.25) is 0 Å². The van der Waals surface area contributed by atoms with E-state index in [2.05, 4.69) is 37.6 Å². The summed E-state index contributed by atoms with van der Waals surface area (Å²) in [6.07, 6.45) is 3.38. The van der Waals surface area contributed by atoms with Gasteiger partial charge in [-0.2, -0.15) is 4.98 Å². The third-order valence-electron chi connectivity index (χ3n) is 4.17. The van der Waals surface area contributed by atoms with Crippen molar-refractivity contribution in [3.8, 4) is 0 Å². The van der Waals surface area contributed by atoms with Crippen molar-refractivity contribution in [1.29, 1.82) is 0 Å². The van der Waals surface area contributed by atoms with Gasteiger partial charge in [0.15, 0.2) is 0 Å². The van der Waals surface area contributed by atoms with Crippen LogP contribution in [-0.4, -0.2) is 36.3 Å². The second kappa shape index (κ2) is 7.88. The molecule has 0 unspecified atom stereocenters. The second-order valence-corrected chi connectivity index (χ2v) is 5.94. The highest BCUT2D eigenvalue weighted by molar-refractivity contribution is 5.74. The van der Waals surface area contributed by atoms with Crippen molar-refractivity contribution >= 4 is 23.1 Å². The third-order valence-corrected chi connectivity index (χ3v) is 4.17. The first kappa shape index (κ1) is 16.4. The van der Waals surface area contributed by atoms with Crippen LogP contribution in [0, 0.1) is 0 Å². The minimum Gasteiger partial charge on any atom is -0.467 e. The highest BCUT2D eigenvalue weighted by Gasteiger charge is 2.14. The van der Waals surface area contributed by atoms with Crippen LogP contribution in [0.1, 0.15) is 5.76 Å². The van der Waals surface area contributed by atoms with Crippen LogP contribution < -0.4 is 15.5 Å². The molecule has 0 aliphatic carbocycles. The molecule has 0 radical (unpaired) electrons. The summed E-state index contributed by atoms with van der Waals surface area (Å²) in [4.78, 5) is 11.1. The zero-order valence-corrected chi connectivity index (χ0v) is 14.4. The fourth-order valence-corrected chi connectivity index (χ4v) is 2.89. The Labute approximate surface area is 152 Å². The van der Waals surface area contributed by atoms with Crippen LogP contribution in [0.5, 0.6) is 0 Å². The molecule has 2 N–H and O–H groups in total. The van der Waals surface area contributed by atoms with E-state index >= 15 is 0 Å². The lowest BCUT2D eigenvalue weighted by Gasteiger charge is -2.30. The quantitative estimate of drug-likeness (QED) is 0.706. The smallest absolute Gasteiger partial charge is 0.224 e. The third kappa shape index (κ3) is 3.94. The molecule has 3 heterocycles. The van der Waals surface area contributed by atoms with Crippen molar-refractivity contribution in [2.24, 2.45) is 0 Å². The molecule has 26 heavy (non-hydrogen) atoms. The van der Waals surface area contributed by atoms with Gasteiger partial charge in [0.25, 0.3) is 0 Å². The molecule has 2 aromatic heterocycles. The SMILES string of the molecule is c1coc(CNc2nccc(Nc3ccccc3N3CCOCC3)n2)c1. The zero-order chi connectivity index (χ0) is 17.6. The normalized spacial score (nSPS) is 14.2. The zero-order valence-electron chi connectivity index (χ0n) is 14.4. The molecule has 1 fully saturated rings. The standard InChI is InChI=1S/C19H21N5O2/c1-2-6-17(24-9-12-25-13-10-24)16(5-1)22-18-7-8-20-19(23-18)21-14-15-4-3-11-26-15/h1-8,11H,9-10,12-14H2,(H2,20,21,22,23). The number of hydrogen-bond acceptors (Lipinski definition) is 7. The van der Waals surface area contributed by atoms with Gasteiger partial charge in [-0.15, -0.1) is 0 Å². The summed E-state index contributed by atoms with van der Waals surface area (Å²) < 4.78 is 10.8. The number of para-hydroxylation sites is 2. The van der Waals surface area contributed by atoms with Crippen molar-refractivity contribution in [1.82, 2.24) is 9.97 Å². The Bertz CT molecular complexity index is 831. The first-order valence-electron chi connectivity index (χ1n) is 8.66. The predicted molar refractivity (Wildman–Crippen MR) is 101 cm³/mol. The molecule has 1 aromatic carbocycles. The summed E-state index contributed by atoms with van der Waals surface area (Å²) in [5.74, 6) is 2.13. The Morgan fingerprint density at radius 2 is 1.92 bits per heavy atom. The van der Waals surface area contributed by atoms with Gasteiger partial charge in [0.05, 0.1) is 37.4 Å². The van der Waals surface area contributed by atoms with E-state index in [0.29, 0.717) is 12.5 Å². The van der Waals surface area contributed by atoms with E-state index in [4.69, 9.17) is 9.15 Å². The lowest BCUT2D eigenvalue weighted by atomic mass is 10.2. The largest absolute Gasteiger partial charge is 0.467 e. The maximum atomic E-state index is 5.45. The predicted octanol–water partition coefficient (Wildman–Crippen LogP) is 3.26. The summed E-state index contributed by atoms with van der Waals surface area (Å²) in [5, 5.41) is 6.57. The van der Waals surface area contributed by atoms with Crippen molar-refractivity contribution in [2.75, 3.05) is 41.8 Å². The molecule has 1 saturated heterocycles. The Hall–Kier alpha value is -3.06. The Morgan fingerprint density at radius 3 is 2.77 bits per heavy atom. The molecule has 1 aliphatic heterocycles. The van der Waals surface area contributed by atoms with Gasteiger partial charge in [0.1, 0.15) is 11.6 Å². The molecule has 0 amide bonds. The Kier molecular flexibility index (Phi) is 4.97. The van der Waals surface area contributed by atoms with Gasteiger partial charge < -0.3 is 24.7 Å². The highest BCUT2D eigenvalue weighted by atomic mass is 16.5. The number of ether oxygens (including phenoxy) is 1. The molecule has 7 heteroatoms. The Morgan fingerprint density at radius 1 is 1.04 bits per heavy atom. The number of furan rings is 1. The first-order valence-corrected chi connectivity index (χ1v) is 8.66. The van der Waals surface area contributed by atoms with Gasteiger partial charge in [-0.1, -0.05) is 12.1 Å². The van der Waals surface area contributed by atoms with Gasteiger partial charge >= 0.3 is 0 Å². The lowest BCUT2D eigenvalue weighted by Crippen LogP contribution is -2.36. The highest BCUT2D eigenvalue weighted by Crippen LogP contribution is 2.28. The molecule has 134 valence electrons. The van der Waals surface area contributed by atoms with Crippen LogP contribution in [0.3, 0.4) is 0 Å². The van der Waals surface area contributed by atoms with E-state index < -0.39 is 0 Å². The molecule has 0 spiro atoms. The molecule has 3 aromatic rings. The van der Waals surface area contributed by atoms with Crippen molar-refractivity contribution in [3.63, 3.8) is 0 Å². The van der Waals surface area contributed by atoms with Crippen molar-refractivity contribution < 1.29 is 9.15 Å². The molecule has 7 nitrogen and oxygen atoms in total. The number of benzene rings is 1. The molecular weight excluding hydrogens is 330 g/mol. The molecule has 0 saturated carbocycles. The van der Waals surface area contributed by atoms with Crippen LogP contribution in [0.4, 0.5) is 23.1 Å². The van der Waals surface area contributed by atoms with E-state index in [0.717, 1.165) is 49.3 Å². The first-order chi connectivity index (χ1) is 12.9. The minimum atomic E-state index is 0.542. The number of nitrogens with zero attached hydrogens (tertiary/aromatic N) is 3. The number of nitrogens with one attached hydrogen (secondary N) is 2. The van der Waals surface area contributed by atoms with Crippen LogP contribution in [0.15, 0.2) is 59.3 Å². The van der Waals surface area contributed by atoms with E-state index in [9.17, 15) is 0 Å². The van der Waals surface area contributed by atoms with E-state index in [1.54, 1.807) is 12.5 Å². The number of rotatable bonds is 6. The lowest BCUT2D eigenvalue weighted by molar-refractivity contribution is 0.123. The van der Waals surface area contributed by atoms with Gasteiger partial charge in [-0.3, -0.25) is 0 Å². The number of aromatic nitrogens is 2. The maximum absolute atomic E-state index is 5.45. The summed E-state index contributed by atoms with van der Waals surface area (Å²) >= 11 is 0. The van der Waals surface area contributed by atoms with Crippen molar-refractivity contribution in [2.45, 2.75) is 6.54 Å². The number of hydrogen-bond donors (Lipinski definition) is 2. The van der Waals surface area contributed by atoms with E-state index in [-0.39, 0.29) is 0 Å². The van der Waals surface area contributed by atoms with Crippen molar-refractivity contribution in [3.05, 3.63) is 60.7 Å². The van der Waals surface area contributed by atoms with Gasteiger partial charge in [-0.05, 0) is 30.3 Å². The van der Waals surface area contributed by atoms with Gasteiger partial charge in [0, 0.05) is 19.3 Å². The number of morpholine rings is 1. The van der Waals surface area contributed by atoms with E-state index in [1.807, 2.05) is 30.3 Å². The van der Waals surface area contributed by atoms with Crippen LogP contribution in [-0.2, 0) is 11.3 Å². The van der Waals surface area contributed by atoms with Gasteiger partial charge in [-0.25, -0.2) is 4.98 Å². The molecule has 0 bridgehead atoms. The maximum Gasteiger partial charge on any atom is 0.224 e. The average molecular weight is 351 g/mol. The van der Waals surface area contributed by atoms with Crippen LogP contribution >= 0.6 is 0 Å². The fraction of sp³-hybridized carbons (Fsp3) is 0.263.